The highest BCUT2D eigenvalue weighted by molar-refractivity contribution is 5.99. The van der Waals surface area contributed by atoms with Gasteiger partial charge in [-0.25, -0.2) is 0 Å². The molecule has 0 radical (unpaired) electrons. The van der Waals surface area contributed by atoms with Gasteiger partial charge in [-0.15, -0.1) is 0 Å². The van der Waals surface area contributed by atoms with Gasteiger partial charge in [-0.3, -0.25) is 19.2 Å². The summed E-state index contributed by atoms with van der Waals surface area (Å²) in [5.74, 6) is -0.715. The summed E-state index contributed by atoms with van der Waals surface area (Å²) in [7, 11) is 0. The molecule has 0 saturated heterocycles. The predicted octanol–water partition coefficient (Wildman–Crippen LogP) is 2.58. The predicted molar refractivity (Wildman–Crippen MR) is 110 cm³/mol. The van der Waals surface area contributed by atoms with E-state index in [2.05, 4.69) is 5.32 Å². The van der Waals surface area contributed by atoms with Crippen molar-refractivity contribution in [2.75, 3.05) is 30.0 Å². The number of carbonyl (C=O) groups excluding carboxylic acids is 4. The molecule has 0 spiro atoms. The minimum Gasteiger partial charge on any atom is -0.482 e. The molecule has 1 N–H and O–H groups in total. The van der Waals surface area contributed by atoms with E-state index in [-0.39, 0.29) is 37.2 Å². The van der Waals surface area contributed by atoms with Crippen molar-refractivity contribution in [3.63, 3.8) is 0 Å². The number of fused-ring (bicyclic) bond motifs is 1. The average molecular weight is 410 g/mol. The summed E-state index contributed by atoms with van der Waals surface area (Å²) < 4.78 is 10.4. The summed E-state index contributed by atoms with van der Waals surface area (Å²) in [5.41, 5.74) is 1.56. The van der Waals surface area contributed by atoms with E-state index in [1.54, 1.807) is 55.5 Å². The number of esters is 1. The highest BCUT2D eigenvalue weighted by Gasteiger charge is 2.25. The van der Waals surface area contributed by atoms with Gasteiger partial charge in [0.2, 0.25) is 5.91 Å². The normalized spacial score (nSPS) is 12.6. The monoisotopic (exact) mass is 410 g/mol. The van der Waals surface area contributed by atoms with Gasteiger partial charge in [0.25, 0.3) is 5.91 Å². The molecule has 0 atom stereocenters. The molecule has 0 fully saturated rings. The maximum Gasteiger partial charge on any atom is 0.308 e. The molecule has 30 heavy (non-hydrogen) atoms. The van der Waals surface area contributed by atoms with Gasteiger partial charge < -0.3 is 19.7 Å². The SMILES string of the molecule is CCC(=O)Nc1ccc(C(=O)COC(=O)CCN2C(=O)COc3ccccc32)cc1. The minimum atomic E-state index is -0.577. The Labute approximate surface area is 173 Å². The molecule has 0 unspecified atom stereocenters. The lowest BCUT2D eigenvalue weighted by molar-refractivity contribution is -0.142. The van der Waals surface area contributed by atoms with Crippen LogP contribution in [0.2, 0.25) is 0 Å². The molecule has 0 bridgehead atoms. The lowest BCUT2D eigenvalue weighted by atomic mass is 10.1. The van der Waals surface area contributed by atoms with Crippen molar-refractivity contribution in [3.8, 4) is 5.75 Å². The van der Waals surface area contributed by atoms with E-state index in [0.717, 1.165) is 0 Å². The fourth-order valence-corrected chi connectivity index (χ4v) is 2.89. The first-order chi connectivity index (χ1) is 14.5. The van der Waals surface area contributed by atoms with E-state index in [1.165, 1.54) is 4.90 Å². The molecule has 2 amide bonds. The van der Waals surface area contributed by atoms with Crippen LogP contribution in [0.4, 0.5) is 11.4 Å². The number of anilines is 2. The Hall–Kier alpha value is -3.68. The van der Waals surface area contributed by atoms with Crippen LogP contribution < -0.4 is 15.0 Å². The zero-order valence-electron chi connectivity index (χ0n) is 16.6. The molecule has 1 aliphatic rings. The van der Waals surface area contributed by atoms with Crippen LogP contribution in [0.3, 0.4) is 0 Å². The number of nitrogens with one attached hydrogen (secondary N) is 1. The Bertz CT molecular complexity index is 954. The second kappa shape index (κ2) is 9.69. The number of para-hydroxylation sites is 2. The molecule has 156 valence electrons. The molecule has 1 heterocycles. The van der Waals surface area contributed by atoms with Gasteiger partial charge in [-0.1, -0.05) is 19.1 Å². The molecule has 8 heteroatoms. The third kappa shape index (κ3) is 5.22. The number of hydrogen-bond donors (Lipinski definition) is 1. The minimum absolute atomic E-state index is 0.0463. The summed E-state index contributed by atoms with van der Waals surface area (Å²) in [6.45, 7) is 1.40. The molecule has 3 rings (SSSR count). The van der Waals surface area contributed by atoms with Crippen molar-refractivity contribution in [1.29, 1.82) is 0 Å². The number of carbonyl (C=O) groups is 4. The third-order valence-electron chi connectivity index (χ3n) is 4.52. The maximum absolute atomic E-state index is 12.2. The Balaban J connectivity index is 1.48. The molecule has 2 aromatic rings. The van der Waals surface area contributed by atoms with Crippen molar-refractivity contribution in [2.45, 2.75) is 19.8 Å². The summed E-state index contributed by atoms with van der Waals surface area (Å²) in [5, 5.41) is 2.69. The van der Waals surface area contributed by atoms with E-state index >= 15 is 0 Å². The van der Waals surface area contributed by atoms with Gasteiger partial charge in [0.15, 0.2) is 19.0 Å². The largest absolute Gasteiger partial charge is 0.482 e. The molecule has 1 aliphatic heterocycles. The fourth-order valence-electron chi connectivity index (χ4n) is 2.89. The van der Waals surface area contributed by atoms with Gasteiger partial charge in [0, 0.05) is 24.2 Å². The molecule has 0 aromatic heterocycles. The number of hydrogen-bond acceptors (Lipinski definition) is 6. The second-order valence-electron chi connectivity index (χ2n) is 6.61. The third-order valence-corrected chi connectivity index (χ3v) is 4.52. The van der Waals surface area contributed by atoms with Crippen molar-refractivity contribution in [1.82, 2.24) is 0 Å². The van der Waals surface area contributed by atoms with E-state index in [0.29, 0.717) is 29.1 Å². The van der Waals surface area contributed by atoms with Crippen molar-refractivity contribution >= 4 is 34.9 Å². The molecule has 0 saturated carbocycles. The maximum atomic E-state index is 12.2. The Morgan fingerprint density at radius 1 is 1.10 bits per heavy atom. The summed E-state index contributed by atoms with van der Waals surface area (Å²) in [6.07, 6.45) is 0.313. The smallest absolute Gasteiger partial charge is 0.308 e. The van der Waals surface area contributed by atoms with E-state index in [4.69, 9.17) is 9.47 Å². The van der Waals surface area contributed by atoms with Crippen LogP contribution in [0, 0.1) is 0 Å². The first kappa shape index (κ1) is 21.0. The van der Waals surface area contributed by atoms with Crippen LogP contribution in [0.1, 0.15) is 30.1 Å². The van der Waals surface area contributed by atoms with E-state index in [9.17, 15) is 19.2 Å². The van der Waals surface area contributed by atoms with Crippen LogP contribution >= 0.6 is 0 Å². The van der Waals surface area contributed by atoms with Gasteiger partial charge in [-0.2, -0.15) is 0 Å². The number of ketones is 1. The zero-order valence-corrected chi connectivity index (χ0v) is 16.6. The fraction of sp³-hybridized carbons (Fsp3) is 0.273. The first-order valence-electron chi connectivity index (χ1n) is 9.59. The van der Waals surface area contributed by atoms with E-state index < -0.39 is 12.6 Å². The van der Waals surface area contributed by atoms with Gasteiger partial charge in [-0.05, 0) is 36.4 Å². The lowest BCUT2D eigenvalue weighted by Crippen LogP contribution is -2.40. The first-order valence-corrected chi connectivity index (χ1v) is 9.59. The lowest BCUT2D eigenvalue weighted by Gasteiger charge is -2.28. The van der Waals surface area contributed by atoms with Gasteiger partial charge in [0.05, 0.1) is 12.1 Å². The highest BCUT2D eigenvalue weighted by atomic mass is 16.5. The number of amides is 2. The standard InChI is InChI=1S/C22H22N2O6/c1-2-20(26)23-16-9-7-15(8-10-16)18(25)13-30-22(28)11-12-24-17-5-3-4-6-19(17)29-14-21(24)27/h3-10H,2,11-14H2,1H3,(H,23,26). The Kier molecular flexibility index (Phi) is 6.79. The number of nitrogens with zero attached hydrogens (tertiary/aromatic N) is 1. The zero-order chi connectivity index (χ0) is 21.5. The van der Waals surface area contributed by atoms with Crippen molar-refractivity contribution < 1.29 is 28.7 Å². The highest BCUT2D eigenvalue weighted by Crippen LogP contribution is 2.31. The van der Waals surface area contributed by atoms with Crippen LogP contribution in [0.5, 0.6) is 5.75 Å². The Morgan fingerprint density at radius 2 is 1.83 bits per heavy atom. The van der Waals surface area contributed by atoms with Crippen molar-refractivity contribution in [2.24, 2.45) is 0 Å². The number of benzene rings is 2. The van der Waals surface area contributed by atoms with Crippen LogP contribution in [-0.4, -0.2) is 43.3 Å². The topological polar surface area (TPSA) is 102 Å². The number of Topliss-reactive ketones (excluding diaryl/α,β-unsaturated/α-hetero) is 1. The molecule has 0 aliphatic carbocycles. The molecule has 8 nitrogen and oxygen atoms in total. The number of rotatable bonds is 8. The van der Waals surface area contributed by atoms with Crippen LogP contribution in [-0.2, 0) is 19.1 Å². The summed E-state index contributed by atoms with van der Waals surface area (Å²) in [6, 6.07) is 13.4. The van der Waals surface area contributed by atoms with Crippen LogP contribution in [0.25, 0.3) is 0 Å². The molecular formula is C22H22N2O6. The van der Waals surface area contributed by atoms with Crippen molar-refractivity contribution in [3.05, 3.63) is 54.1 Å². The summed E-state index contributed by atoms with van der Waals surface area (Å²) >= 11 is 0. The Morgan fingerprint density at radius 3 is 2.57 bits per heavy atom. The molecule has 2 aromatic carbocycles. The quantitative estimate of drug-likeness (QED) is 0.530. The second-order valence-corrected chi connectivity index (χ2v) is 6.61. The number of ether oxygens (including phenoxy) is 2. The van der Waals surface area contributed by atoms with Gasteiger partial charge >= 0.3 is 5.97 Å². The van der Waals surface area contributed by atoms with E-state index in [1.807, 2.05) is 0 Å². The van der Waals surface area contributed by atoms with Gasteiger partial charge in [0.1, 0.15) is 5.75 Å². The average Bonchev–Trinajstić information content (AvgIpc) is 2.77. The van der Waals surface area contributed by atoms with Crippen LogP contribution in [0.15, 0.2) is 48.5 Å². The molecular weight excluding hydrogens is 388 g/mol. The summed E-state index contributed by atoms with van der Waals surface area (Å²) in [4.78, 5) is 49.2.